The van der Waals surface area contributed by atoms with E-state index < -0.39 is 40.2 Å². The molecule has 0 aromatic heterocycles. The molecule has 1 N–H and O–H groups in total. The van der Waals surface area contributed by atoms with Crippen LogP contribution in [0.5, 0.6) is 0 Å². The minimum atomic E-state index is -1.88. The fourth-order valence-electron chi connectivity index (χ4n) is 5.52. The number of aliphatic carboxylic acids is 1. The number of nitro groups is 1. The van der Waals surface area contributed by atoms with Crippen LogP contribution >= 0.6 is 0 Å². The van der Waals surface area contributed by atoms with Crippen LogP contribution in [0.3, 0.4) is 0 Å². The number of nitrogens with zero attached hydrogens (tertiary/aromatic N) is 2. The van der Waals surface area contributed by atoms with E-state index in [-0.39, 0.29) is 18.1 Å². The lowest BCUT2D eigenvalue weighted by atomic mass is 9.71. The molecule has 0 bridgehead atoms. The molecule has 4 unspecified atom stereocenters. The van der Waals surface area contributed by atoms with E-state index in [1.807, 2.05) is 19.1 Å². The lowest BCUT2D eigenvalue weighted by Gasteiger charge is -2.37. The van der Waals surface area contributed by atoms with Crippen molar-refractivity contribution in [1.29, 1.82) is 0 Å². The van der Waals surface area contributed by atoms with Crippen LogP contribution in [-0.2, 0) is 14.3 Å². The van der Waals surface area contributed by atoms with Crippen molar-refractivity contribution in [2.75, 3.05) is 13.7 Å². The number of hydrogen-bond donors (Lipinski definition) is 1. The maximum Gasteiger partial charge on any atom is 0.330 e. The number of nitro benzene ring substituents is 1. The first-order valence-electron chi connectivity index (χ1n) is 12.1. The van der Waals surface area contributed by atoms with Gasteiger partial charge in [0.15, 0.2) is 5.78 Å². The van der Waals surface area contributed by atoms with E-state index in [1.54, 1.807) is 42.5 Å². The van der Waals surface area contributed by atoms with Gasteiger partial charge < -0.3 is 14.7 Å². The zero-order chi connectivity index (χ0) is 27.6. The van der Waals surface area contributed by atoms with Crippen molar-refractivity contribution in [2.45, 2.75) is 31.3 Å². The summed E-state index contributed by atoms with van der Waals surface area (Å²) in [5.41, 5.74) is 0.287. The highest BCUT2D eigenvalue weighted by Crippen LogP contribution is 2.56. The van der Waals surface area contributed by atoms with Crippen LogP contribution in [0.4, 0.5) is 5.69 Å². The molecular weight excluding hydrogens is 488 g/mol. The van der Waals surface area contributed by atoms with E-state index in [0.29, 0.717) is 16.7 Å². The summed E-state index contributed by atoms with van der Waals surface area (Å²) in [6, 6.07) is 20.3. The molecule has 1 amide bonds. The third kappa shape index (κ3) is 4.56. The molecule has 9 heteroatoms. The number of ether oxygens (including phenoxy) is 1. The summed E-state index contributed by atoms with van der Waals surface area (Å²) in [6.45, 7) is 2.94. The third-order valence-corrected chi connectivity index (χ3v) is 7.30. The summed E-state index contributed by atoms with van der Waals surface area (Å²) in [7, 11) is 1.34. The molecule has 3 aromatic carbocycles. The van der Waals surface area contributed by atoms with Crippen LogP contribution in [0, 0.1) is 23.0 Å². The van der Waals surface area contributed by atoms with Crippen LogP contribution in [0.15, 0.2) is 78.9 Å². The maximum absolute atomic E-state index is 14.2. The van der Waals surface area contributed by atoms with Gasteiger partial charge in [0.25, 0.3) is 5.69 Å². The number of benzene rings is 3. The molecule has 1 aliphatic rings. The monoisotopic (exact) mass is 516 g/mol. The Bertz CT molecular complexity index is 1360. The number of rotatable bonds is 8. The molecule has 0 radical (unpaired) electrons. The first-order chi connectivity index (χ1) is 18.1. The average Bonchev–Trinajstić information content (AvgIpc) is 3.19. The topological polar surface area (TPSA) is 127 Å². The van der Waals surface area contributed by atoms with E-state index in [9.17, 15) is 29.6 Å². The second-order valence-corrected chi connectivity index (χ2v) is 9.59. The summed E-state index contributed by atoms with van der Waals surface area (Å²) in [6.07, 6.45) is 0. The minimum absolute atomic E-state index is 0.169. The van der Waals surface area contributed by atoms with Crippen LogP contribution < -0.4 is 0 Å². The van der Waals surface area contributed by atoms with Crippen molar-refractivity contribution in [3.8, 4) is 0 Å². The Balaban J connectivity index is 2.03. The van der Waals surface area contributed by atoms with E-state index in [0.717, 1.165) is 5.56 Å². The molecule has 0 aliphatic carbocycles. The van der Waals surface area contributed by atoms with Crippen molar-refractivity contribution < 1.29 is 29.2 Å². The average molecular weight is 517 g/mol. The Labute approximate surface area is 219 Å². The van der Waals surface area contributed by atoms with Crippen molar-refractivity contribution >= 4 is 23.3 Å². The molecule has 1 heterocycles. The van der Waals surface area contributed by atoms with Gasteiger partial charge in [-0.25, -0.2) is 4.79 Å². The molecule has 1 aliphatic heterocycles. The summed E-state index contributed by atoms with van der Waals surface area (Å²) in [5, 5.41) is 22.0. The Hall–Kier alpha value is -4.37. The van der Waals surface area contributed by atoms with Crippen LogP contribution in [0.2, 0.25) is 0 Å². The SMILES string of the molecule is COCC(=O)N1C(c2ccc(C)cc2)C(C(=O)c2ccccc2)C(c2ccc([N+](=O)[O-])cc2)C1(C)C(=O)O. The fourth-order valence-corrected chi connectivity index (χ4v) is 5.52. The zero-order valence-corrected chi connectivity index (χ0v) is 21.2. The molecule has 4 rings (SSSR count). The molecule has 3 aromatic rings. The molecular formula is C29H28N2O7. The van der Waals surface area contributed by atoms with Gasteiger partial charge in [-0.2, -0.15) is 0 Å². The highest BCUT2D eigenvalue weighted by molar-refractivity contribution is 6.02. The van der Waals surface area contributed by atoms with Gasteiger partial charge in [-0.3, -0.25) is 19.7 Å². The van der Waals surface area contributed by atoms with Crippen molar-refractivity contribution in [3.63, 3.8) is 0 Å². The molecule has 4 atom stereocenters. The molecule has 196 valence electrons. The number of methoxy groups -OCH3 is 1. The molecule has 1 fully saturated rings. The van der Waals surface area contributed by atoms with Gasteiger partial charge in [0, 0.05) is 30.7 Å². The summed E-state index contributed by atoms with van der Waals surface area (Å²) < 4.78 is 5.11. The molecule has 38 heavy (non-hydrogen) atoms. The number of carboxylic acid groups (broad SMARTS) is 1. The summed E-state index contributed by atoms with van der Waals surface area (Å²) in [4.78, 5) is 52.9. The second kappa shape index (κ2) is 10.5. The Kier molecular flexibility index (Phi) is 7.41. The number of amides is 1. The number of aryl methyl sites for hydroxylation is 1. The van der Waals surface area contributed by atoms with E-state index in [4.69, 9.17) is 4.74 Å². The Morgan fingerprint density at radius 1 is 0.974 bits per heavy atom. The first kappa shape index (κ1) is 26.7. The number of carbonyl (C=O) groups excluding carboxylic acids is 2. The summed E-state index contributed by atoms with van der Waals surface area (Å²) >= 11 is 0. The van der Waals surface area contributed by atoms with Gasteiger partial charge in [0.1, 0.15) is 12.1 Å². The third-order valence-electron chi connectivity index (χ3n) is 7.30. The Morgan fingerprint density at radius 2 is 1.55 bits per heavy atom. The zero-order valence-electron chi connectivity index (χ0n) is 21.2. The van der Waals surface area contributed by atoms with Crippen LogP contribution in [-0.4, -0.2) is 51.8 Å². The van der Waals surface area contributed by atoms with Crippen molar-refractivity contribution in [3.05, 3.63) is 111 Å². The normalized spacial score (nSPS) is 22.7. The van der Waals surface area contributed by atoms with Crippen molar-refractivity contribution in [2.24, 2.45) is 5.92 Å². The number of likely N-dealkylation sites (tertiary alicyclic amines) is 1. The fraction of sp³-hybridized carbons (Fsp3) is 0.276. The molecule has 1 saturated heterocycles. The largest absolute Gasteiger partial charge is 0.479 e. The van der Waals surface area contributed by atoms with Gasteiger partial charge in [0.2, 0.25) is 5.91 Å². The quantitative estimate of drug-likeness (QED) is 0.264. The number of Topliss-reactive ketones (excluding diaryl/α,β-unsaturated/α-hetero) is 1. The number of carboxylic acids is 1. The predicted octanol–water partition coefficient (Wildman–Crippen LogP) is 4.56. The first-order valence-corrected chi connectivity index (χ1v) is 12.1. The number of hydrogen-bond acceptors (Lipinski definition) is 6. The summed E-state index contributed by atoms with van der Waals surface area (Å²) in [5.74, 6) is -4.26. The number of non-ortho nitro benzene ring substituents is 1. The van der Waals surface area contributed by atoms with Gasteiger partial charge in [0.05, 0.1) is 16.9 Å². The molecule has 0 saturated carbocycles. The van der Waals surface area contributed by atoms with Crippen molar-refractivity contribution in [1.82, 2.24) is 4.90 Å². The molecule has 9 nitrogen and oxygen atoms in total. The Morgan fingerprint density at radius 3 is 2.08 bits per heavy atom. The van der Waals surface area contributed by atoms with E-state index in [1.165, 1.54) is 43.2 Å². The van der Waals surface area contributed by atoms with Gasteiger partial charge >= 0.3 is 5.97 Å². The lowest BCUT2D eigenvalue weighted by Crippen LogP contribution is -2.55. The van der Waals surface area contributed by atoms with Gasteiger partial charge in [-0.1, -0.05) is 72.3 Å². The standard InChI is InChI=1S/C29H28N2O7/c1-18-9-11-20(12-10-18)26-24(27(33)21-7-5-4-6-8-21)25(19-13-15-22(16-14-19)31(36)37)29(2,28(34)35)30(26)23(32)17-38-3/h4-16,24-26H,17H2,1-3H3,(H,34,35). The highest BCUT2D eigenvalue weighted by atomic mass is 16.6. The minimum Gasteiger partial charge on any atom is -0.479 e. The van der Waals surface area contributed by atoms with Crippen LogP contribution in [0.25, 0.3) is 0 Å². The maximum atomic E-state index is 14.2. The second-order valence-electron chi connectivity index (χ2n) is 9.59. The van der Waals surface area contributed by atoms with Crippen LogP contribution in [0.1, 0.15) is 45.9 Å². The molecule has 0 spiro atoms. The number of carbonyl (C=O) groups is 3. The van der Waals surface area contributed by atoms with E-state index >= 15 is 0 Å². The highest BCUT2D eigenvalue weighted by Gasteiger charge is 2.64. The predicted molar refractivity (Wildman–Crippen MR) is 139 cm³/mol. The van der Waals surface area contributed by atoms with Gasteiger partial charge in [-0.05, 0) is 25.0 Å². The van der Waals surface area contributed by atoms with Gasteiger partial charge in [-0.15, -0.1) is 0 Å². The van der Waals surface area contributed by atoms with E-state index in [2.05, 4.69) is 0 Å². The number of ketones is 1. The lowest BCUT2D eigenvalue weighted by molar-refractivity contribution is -0.384. The smallest absolute Gasteiger partial charge is 0.330 e.